The molecule has 0 aliphatic heterocycles. The smallest absolute Gasteiger partial charge is 0.191 e. The molecule has 6 aromatic rings. The first-order valence-electron chi connectivity index (χ1n) is 12.8. The van der Waals surface area contributed by atoms with E-state index in [9.17, 15) is 0 Å². The first-order chi connectivity index (χ1) is 19.1. The fraction of sp³-hybridized carbons (Fsp3) is 0.156. The molecule has 0 unspecified atom stereocenters. The Hall–Kier alpha value is -4.36. The van der Waals surface area contributed by atoms with Crippen LogP contribution in [0.2, 0.25) is 0 Å². The highest BCUT2D eigenvalue weighted by molar-refractivity contribution is 7.98. The van der Waals surface area contributed by atoms with Gasteiger partial charge in [-0.3, -0.25) is 0 Å². The Morgan fingerprint density at radius 2 is 1.62 bits per heavy atom. The zero-order valence-corrected chi connectivity index (χ0v) is 22.9. The van der Waals surface area contributed by atoms with E-state index in [4.69, 9.17) is 14.5 Å². The van der Waals surface area contributed by atoms with Crippen molar-refractivity contribution < 1.29 is 9.47 Å². The molecule has 4 aromatic carbocycles. The number of rotatable bonds is 8. The molecule has 39 heavy (non-hydrogen) atoms. The lowest BCUT2D eigenvalue weighted by Crippen LogP contribution is -1.98. The number of fused-ring (bicyclic) bond motifs is 2. The molecule has 0 fully saturated rings. The number of methoxy groups -OCH3 is 1. The van der Waals surface area contributed by atoms with Gasteiger partial charge in [0.25, 0.3) is 0 Å². The van der Waals surface area contributed by atoms with Gasteiger partial charge < -0.3 is 14.0 Å². The van der Waals surface area contributed by atoms with Gasteiger partial charge in [-0.25, -0.2) is 4.98 Å². The largest absolute Gasteiger partial charge is 0.497 e. The van der Waals surface area contributed by atoms with Gasteiger partial charge in [-0.1, -0.05) is 54.2 Å². The van der Waals surface area contributed by atoms with Crippen molar-refractivity contribution in [1.82, 2.24) is 19.7 Å². The molecule has 0 amide bonds. The van der Waals surface area contributed by atoms with E-state index in [-0.39, 0.29) is 0 Å². The van der Waals surface area contributed by atoms with Crippen LogP contribution >= 0.6 is 11.8 Å². The zero-order chi connectivity index (χ0) is 26.8. The molecule has 6 nitrogen and oxygen atoms in total. The number of nitrogens with zero attached hydrogens (tertiary/aromatic N) is 4. The Balaban J connectivity index is 1.38. The van der Waals surface area contributed by atoms with E-state index in [1.165, 1.54) is 16.3 Å². The van der Waals surface area contributed by atoms with E-state index in [2.05, 4.69) is 63.3 Å². The van der Waals surface area contributed by atoms with Crippen LogP contribution in [0.3, 0.4) is 0 Å². The molecule has 0 aliphatic rings. The summed E-state index contributed by atoms with van der Waals surface area (Å²) in [6.07, 6.45) is 0. The second-order valence-electron chi connectivity index (χ2n) is 9.23. The van der Waals surface area contributed by atoms with Gasteiger partial charge >= 0.3 is 0 Å². The first-order valence-corrected chi connectivity index (χ1v) is 13.8. The maximum atomic E-state index is 5.81. The van der Waals surface area contributed by atoms with Crippen molar-refractivity contribution in [3.63, 3.8) is 0 Å². The van der Waals surface area contributed by atoms with E-state index >= 15 is 0 Å². The fourth-order valence-electron chi connectivity index (χ4n) is 4.71. The zero-order valence-electron chi connectivity index (χ0n) is 22.1. The van der Waals surface area contributed by atoms with Gasteiger partial charge in [0, 0.05) is 29.3 Å². The van der Waals surface area contributed by atoms with Gasteiger partial charge in [0.15, 0.2) is 11.0 Å². The van der Waals surface area contributed by atoms with Gasteiger partial charge in [-0.15, -0.1) is 10.2 Å². The molecule has 0 saturated heterocycles. The van der Waals surface area contributed by atoms with Crippen LogP contribution in [0.4, 0.5) is 0 Å². The Morgan fingerprint density at radius 1 is 0.821 bits per heavy atom. The molecule has 2 aromatic heterocycles. The van der Waals surface area contributed by atoms with E-state index in [0.29, 0.717) is 6.61 Å². The molecule has 0 radical (unpaired) electrons. The number of hydrogen-bond donors (Lipinski definition) is 0. The van der Waals surface area contributed by atoms with E-state index in [0.717, 1.165) is 56.0 Å². The van der Waals surface area contributed by atoms with Gasteiger partial charge in [0.05, 0.1) is 24.9 Å². The summed E-state index contributed by atoms with van der Waals surface area (Å²) in [5.41, 5.74) is 4.94. The molecular weight excluding hydrogens is 504 g/mol. The van der Waals surface area contributed by atoms with Crippen LogP contribution in [0.25, 0.3) is 44.3 Å². The van der Waals surface area contributed by atoms with Crippen molar-refractivity contribution in [3.8, 4) is 34.1 Å². The summed E-state index contributed by atoms with van der Waals surface area (Å²) in [6.45, 7) is 2.58. The number of pyridine rings is 1. The number of aromatic nitrogens is 4. The van der Waals surface area contributed by atoms with E-state index in [1.807, 2.05) is 56.4 Å². The van der Waals surface area contributed by atoms with Crippen LogP contribution < -0.4 is 9.47 Å². The normalized spacial score (nSPS) is 11.3. The number of hydrogen-bond acceptors (Lipinski definition) is 6. The fourth-order valence-corrected chi connectivity index (χ4v) is 5.56. The minimum atomic E-state index is 0.595. The standard InChI is InChI=1S/C32H28N4O2S/c1-4-38-26-15-16-29-27(18-26)28(19-30(33-29)23-11-13-25(37-3)14-12-23)31-34-35-32(36(31)2)39-20-21-9-10-22-7-5-6-8-24(22)17-21/h5-19H,4,20H2,1-3H3. The third kappa shape index (κ3) is 5.05. The van der Waals surface area contributed by atoms with Crippen molar-refractivity contribution in [1.29, 1.82) is 0 Å². The Labute approximate surface area is 231 Å². The minimum Gasteiger partial charge on any atom is -0.497 e. The van der Waals surface area contributed by atoms with Crippen LogP contribution in [-0.4, -0.2) is 33.5 Å². The molecule has 7 heteroatoms. The second-order valence-corrected chi connectivity index (χ2v) is 10.2. The highest BCUT2D eigenvalue weighted by atomic mass is 32.2. The maximum absolute atomic E-state index is 5.81. The molecule has 0 spiro atoms. The Kier molecular flexibility index (Phi) is 6.90. The topological polar surface area (TPSA) is 62.1 Å². The molecule has 0 N–H and O–H groups in total. The molecular formula is C32H28N4O2S. The predicted octanol–water partition coefficient (Wildman–Crippen LogP) is 7.55. The Bertz CT molecular complexity index is 1780. The molecule has 0 atom stereocenters. The van der Waals surface area contributed by atoms with Crippen molar-refractivity contribution >= 4 is 33.4 Å². The summed E-state index contributed by atoms with van der Waals surface area (Å²) in [4.78, 5) is 4.97. The summed E-state index contributed by atoms with van der Waals surface area (Å²) in [7, 11) is 3.69. The first kappa shape index (κ1) is 24.9. The van der Waals surface area contributed by atoms with Crippen molar-refractivity contribution in [2.75, 3.05) is 13.7 Å². The lowest BCUT2D eigenvalue weighted by atomic mass is 10.0. The van der Waals surface area contributed by atoms with Gasteiger partial charge in [-0.05, 0) is 71.8 Å². The molecule has 0 saturated carbocycles. The van der Waals surface area contributed by atoms with E-state index in [1.54, 1.807) is 18.9 Å². The Morgan fingerprint density at radius 3 is 2.41 bits per heavy atom. The summed E-state index contributed by atoms with van der Waals surface area (Å²) >= 11 is 1.68. The number of thioether (sulfide) groups is 1. The second kappa shape index (κ2) is 10.8. The van der Waals surface area contributed by atoms with Crippen LogP contribution in [0, 0.1) is 0 Å². The average molecular weight is 533 g/mol. The summed E-state index contributed by atoms with van der Waals surface area (Å²) in [5.74, 6) is 3.20. The van der Waals surface area contributed by atoms with Crippen LogP contribution in [0.5, 0.6) is 11.5 Å². The van der Waals surface area contributed by atoms with Crippen LogP contribution in [0.15, 0.2) is 96.2 Å². The number of ether oxygens (including phenoxy) is 2. The SMILES string of the molecule is CCOc1ccc2nc(-c3ccc(OC)cc3)cc(-c3nnc(SCc4ccc5ccccc5c4)n3C)c2c1. The molecule has 2 heterocycles. The number of benzene rings is 4. The monoisotopic (exact) mass is 532 g/mol. The van der Waals surface area contributed by atoms with Gasteiger partial charge in [0.1, 0.15) is 11.5 Å². The quantitative estimate of drug-likeness (QED) is 0.189. The lowest BCUT2D eigenvalue weighted by molar-refractivity contribution is 0.340. The predicted molar refractivity (Wildman–Crippen MR) is 158 cm³/mol. The van der Waals surface area contributed by atoms with Crippen molar-refractivity contribution in [2.45, 2.75) is 17.8 Å². The molecule has 0 aliphatic carbocycles. The average Bonchev–Trinajstić information content (AvgIpc) is 3.35. The minimum absolute atomic E-state index is 0.595. The highest BCUT2D eigenvalue weighted by Gasteiger charge is 2.17. The van der Waals surface area contributed by atoms with Crippen molar-refractivity contribution in [2.24, 2.45) is 7.05 Å². The summed E-state index contributed by atoms with van der Waals surface area (Å²) in [5, 5.41) is 13.5. The van der Waals surface area contributed by atoms with Crippen LogP contribution in [-0.2, 0) is 12.8 Å². The third-order valence-corrected chi connectivity index (χ3v) is 7.83. The highest BCUT2D eigenvalue weighted by Crippen LogP contribution is 2.35. The molecule has 0 bridgehead atoms. The van der Waals surface area contributed by atoms with Gasteiger partial charge in [0.2, 0.25) is 0 Å². The summed E-state index contributed by atoms with van der Waals surface area (Å²) in [6, 6.07) is 31.0. The van der Waals surface area contributed by atoms with E-state index < -0.39 is 0 Å². The maximum Gasteiger partial charge on any atom is 0.191 e. The lowest BCUT2D eigenvalue weighted by Gasteiger charge is -2.12. The molecule has 194 valence electrons. The summed E-state index contributed by atoms with van der Waals surface area (Å²) < 4.78 is 13.2. The van der Waals surface area contributed by atoms with Crippen molar-refractivity contribution in [3.05, 3.63) is 96.6 Å². The molecule has 6 rings (SSSR count). The van der Waals surface area contributed by atoms with Gasteiger partial charge in [-0.2, -0.15) is 0 Å². The third-order valence-electron chi connectivity index (χ3n) is 6.73. The van der Waals surface area contributed by atoms with Crippen LogP contribution in [0.1, 0.15) is 12.5 Å².